The summed E-state index contributed by atoms with van der Waals surface area (Å²) in [7, 11) is 0. The molecule has 5 nitrogen and oxygen atoms in total. The van der Waals surface area contributed by atoms with Gasteiger partial charge in [0.2, 0.25) is 5.91 Å². The number of hydrogen-bond donors (Lipinski definition) is 1. The number of benzene rings is 3. The third kappa shape index (κ3) is 5.28. The van der Waals surface area contributed by atoms with Gasteiger partial charge in [0.15, 0.2) is 0 Å². The summed E-state index contributed by atoms with van der Waals surface area (Å²) in [5, 5.41) is 2.71. The Balaban J connectivity index is 1.30. The minimum atomic E-state index is -0.368. The molecule has 0 bridgehead atoms. The monoisotopic (exact) mass is 418 g/mol. The van der Waals surface area contributed by atoms with Gasteiger partial charge >= 0.3 is 0 Å². The molecule has 1 aliphatic heterocycles. The van der Waals surface area contributed by atoms with E-state index in [0.717, 1.165) is 17.5 Å². The molecule has 0 aromatic heterocycles. The Morgan fingerprint density at radius 1 is 0.968 bits per heavy atom. The second-order valence-electron chi connectivity index (χ2n) is 7.46. The molecule has 4 rings (SSSR count). The summed E-state index contributed by atoms with van der Waals surface area (Å²) in [6, 6.07) is 21.0. The van der Waals surface area contributed by atoms with Crippen LogP contribution in [0.25, 0.3) is 0 Å². The van der Waals surface area contributed by atoms with E-state index in [4.69, 9.17) is 4.74 Å². The van der Waals surface area contributed by atoms with E-state index in [1.54, 1.807) is 35.2 Å². The Labute approximate surface area is 180 Å². The minimum Gasteiger partial charge on any atom is -0.489 e. The predicted molar refractivity (Wildman–Crippen MR) is 115 cm³/mol. The number of fused-ring (bicyclic) bond motifs is 1. The van der Waals surface area contributed by atoms with Crippen LogP contribution in [0, 0.1) is 5.82 Å². The van der Waals surface area contributed by atoms with Gasteiger partial charge in [0.05, 0.1) is 6.54 Å². The van der Waals surface area contributed by atoms with E-state index in [1.807, 2.05) is 24.3 Å². The third-order valence-corrected chi connectivity index (χ3v) is 5.27. The number of carbonyl (C=O) groups excluding carboxylic acids is 2. The lowest BCUT2D eigenvalue weighted by molar-refractivity contribution is -0.131. The van der Waals surface area contributed by atoms with Gasteiger partial charge in [-0.3, -0.25) is 9.59 Å². The highest BCUT2D eigenvalue weighted by Crippen LogP contribution is 2.18. The summed E-state index contributed by atoms with van der Waals surface area (Å²) >= 11 is 0. The lowest BCUT2D eigenvalue weighted by Gasteiger charge is -2.29. The van der Waals surface area contributed by atoms with Crippen LogP contribution < -0.4 is 10.1 Å². The highest BCUT2D eigenvalue weighted by Gasteiger charge is 2.20. The van der Waals surface area contributed by atoms with E-state index in [9.17, 15) is 14.0 Å². The molecule has 6 heteroatoms. The fraction of sp³-hybridized carbons (Fsp3) is 0.200. The van der Waals surface area contributed by atoms with Crippen LogP contribution in [-0.2, 0) is 24.4 Å². The van der Waals surface area contributed by atoms with Gasteiger partial charge in [0.1, 0.15) is 18.2 Å². The molecule has 0 saturated carbocycles. The number of carbonyl (C=O) groups is 2. The van der Waals surface area contributed by atoms with E-state index in [1.165, 1.54) is 17.7 Å². The molecule has 0 saturated heterocycles. The molecule has 1 aliphatic rings. The van der Waals surface area contributed by atoms with Gasteiger partial charge in [0.25, 0.3) is 5.91 Å². The van der Waals surface area contributed by atoms with Crippen LogP contribution in [-0.4, -0.2) is 29.8 Å². The first-order valence-corrected chi connectivity index (χ1v) is 10.2. The smallest absolute Gasteiger partial charge is 0.251 e. The normalized spacial score (nSPS) is 12.7. The van der Waals surface area contributed by atoms with Crippen LogP contribution in [0.4, 0.5) is 4.39 Å². The van der Waals surface area contributed by atoms with E-state index in [2.05, 4.69) is 11.4 Å². The molecule has 0 fully saturated rings. The van der Waals surface area contributed by atoms with Gasteiger partial charge < -0.3 is 15.0 Å². The number of rotatable bonds is 6. The summed E-state index contributed by atoms with van der Waals surface area (Å²) in [6.07, 6.45) is 0.823. The van der Waals surface area contributed by atoms with Crippen molar-refractivity contribution in [3.8, 4) is 5.75 Å². The molecule has 0 unspecified atom stereocenters. The van der Waals surface area contributed by atoms with Crippen LogP contribution in [0.1, 0.15) is 27.0 Å². The molecule has 1 N–H and O–H groups in total. The zero-order valence-corrected chi connectivity index (χ0v) is 17.0. The van der Waals surface area contributed by atoms with Crippen LogP contribution >= 0.6 is 0 Å². The molecule has 3 aromatic rings. The van der Waals surface area contributed by atoms with Crippen LogP contribution in [0.3, 0.4) is 0 Å². The zero-order chi connectivity index (χ0) is 21.6. The Bertz CT molecular complexity index is 1100. The zero-order valence-electron chi connectivity index (χ0n) is 17.0. The van der Waals surface area contributed by atoms with Crippen molar-refractivity contribution in [2.24, 2.45) is 0 Å². The molecule has 0 atom stereocenters. The average molecular weight is 418 g/mol. The SMILES string of the molecule is O=C(NCC(=O)N1CCc2ccccc2C1)c1cccc(COc2cccc(F)c2)c1. The van der Waals surface area contributed by atoms with Crippen molar-refractivity contribution in [3.05, 3.63) is 101 Å². The number of nitrogens with zero attached hydrogens (tertiary/aromatic N) is 1. The van der Waals surface area contributed by atoms with Gasteiger partial charge in [0, 0.05) is 24.7 Å². The second kappa shape index (κ2) is 9.43. The molecule has 31 heavy (non-hydrogen) atoms. The first-order chi connectivity index (χ1) is 15.1. The number of hydrogen-bond acceptors (Lipinski definition) is 3. The Kier molecular flexibility index (Phi) is 6.26. The lowest BCUT2D eigenvalue weighted by atomic mass is 10.00. The fourth-order valence-corrected chi connectivity index (χ4v) is 3.60. The number of nitrogens with one attached hydrogen (secondary N) is 1. The minimum absolute atomic E-state index is 0.0506. The van der Waals surface area contributed by atoms with Crippen molar-refractivity contribution in [1.82, 2.24) is 10.2 Å². The Hall–Kier alpha value is -3.67. The molecule has 3 aromatic carbocycles. The molecule has 2 amide bonds. The van der Waals surface area contributed by atoms with Crippen LogP contribution in [0.15, 0.2) is 72.8 Å². The first-order valence-electron chi connectivity index (χ1n) is 10.2. The van der Waals surface area contributed by atoms with Gasteiger partial charge in [-0.25, -0.2) is 4.39 Å². The average Bonchev–Trinajstić information content (AvgIpc) is 2.81. The van der Waals surface area contributed by atoms with Crippen molar-refractivity contribution >= 4 is 11.8 Å². The molecular weight excluding hydrogens is 395 g/mol. The van der Waals surface area contributed by atoms with Crippen molar-refractivity contribution in [3.63, 3.8) is 0 Å². The number of ether oxygens (including phenoxy) is 1. The molecule has 0 aliphatic carbocycles. The van der Waals surface area contributed by atoms with Gasteiger partial charge in [-0.15, -0.1) is 0 Å². The van der Waals surface area contributed by atoms with Crippen LogP contribution in [0.2, 0.25) is 0 Å². The van der Waals surface area contributed by atoms with E-state index < -0.39 is 0 Å². The second-order valence-corrected chi connectivity index (χ2v) is 7.46. The third-order valence-electron chi connectivity index (χ3n) is 5.27. The molecule has 1 heterocycles. The lowest BCUT2D eigenvalue weighted by Crippen LogP contribution is -2.42. The summed E-state index contributed by atoms with van der Waals surface area (Å²) in [5.41, 5.74) is 3.64. The highest BCUT2D eigenvalue weighted by atomic mass is 19.1. The summed E-state index contributed by atoms with van der Waals surface area (Å²) in [4.78, 5) is 26.9. The topological polar surface area (TPSA) is 58.6 Å². The quantitative estimate of drug-likeness (QED) is 0.664. The van der Waals surface area contributed by atoms with E-state index in [-0.39, 0.29) is 30.8 Å². The Morgan fingerprint density at radius 2 is 1.77 bits per heavy atom. The van der Waals surface area contributed by atoms with E-state index in [0.29, 0.717) is 24.4 Å². The number of amides is 2. The summed E-state index contributed by atoms with van der Waals surface area (Å²) < 4.78 is 18.8. The first kappa shape index (κ1) is 20.6. The molecular formula is C25H23FN2O3. The molecule has 0 radical (unpaired) electrons. The number of halogens is 1. The van der Waals surface area contributed by atoms with Crippen molar-refractivity contribution in [2.45, 2.75) is 19.6 Å². The largest absolute Gasteiger partial charge is 0.489 e. The Morgan fingerprint density at radius 3 is 2.61 bits per heavy atom. The van der Waals surface area contributed by atoms with Crippen molar-refractivity contribution < 1.29 is 18.7 Å². The highest BCUT2D eigenvalue weighted by molar-refractivity contribution is 5.96. The maximum absolute atomic E-state index is 13.3. The molecule has 158 valence electrons. The van der Waals surface area contributed by atoms with E-state index >= 15 is 0 Å². The van der Waals surface area contributed by atoms with Crippen molar-refractivity contribution in [2.75, 3.05) is 13.1 Å². The molecule has 0 spiro atoms. The van der Waals surface area contributed by atoms with Crippen molar-refractivity contribution in [1.29, 1.82) is 0 Å². The summed E-state index contributed by atoms with van der Waals surface area (Å²) in [6.45, 7) is 1.37. The summed E-state index contributed by atoms with van der Waals surface area (Å²) in [5.74, 6) is -0.372. The van der Waals surface area contributed by atoms with Gasteiger partial charge in [-0.2, -0.15) is 0 Å². The maximum atomic E-state index is 13.3. The van der Waals surface area contributed by atoms with Crippen LogP contribution in [0.5, 0.6) is 5.75 Å². The maximum Gasteiger partial charge on any atom is 0.251 e. The predicted octanol–water partition coefficient (Wildman–Crippen LogP) is 3.72. The van der Waals surface area contributed by atoms with Gasteiger partial charge in [-0.1, -0.05) is 42.5 Å². The standard InChI is InChI=1S/C25H23FN2O3/c26-22-9-4-10-23(14-22)31-17-18-5-3-8-20(13-18)25(30)27-15-24(29)28-12-11-19-6-1-2-7-21(19)16-28/h1-10,13-14H,11-12,15-17H2,(H,27,30). The fourth-order valence-electron chi connectivity index (χ4n) is 3.60. The van der Waals surface area contributed by atoms with Gasteiger partial charge in [-0.05, 0) is 47.4 Å².